The van der Waals surface area contributed by atoms with Crippen molar-refractivity contribution in [1.82, 2.24) is 10.2 Å². The monoisotopic (exact) mass is 524 g/mol. The number of carbonyl (C=O) groups excluding carboxylic acids is 1. The third-order valence-corrected chi connectivity index (χ3v) is 7.19. The van der Waals surface area contributed by atoms with E-state index in [1.165, 1.54) is 35.2 Å². The predicted octanol–water partition coefficient (Wildman–Crippen LogP) is 3.58. The van der Waals surface area contributed by atoms with Gasteiger partial charge in [0.2, 0.25) is 17.7 Å². The summed E-state index contributed by atoms with van der Waals surface area (Å²) in [5, 5.41) is 8.09. The normalized spacial score (nSPS) is 18.0. The number of rotatable bonds is 4. The van der Waals surface area contributed by atoms with Gasteiger partial charge >= 0.3 is 6.36 Å². The second-order valence-electron chi connectivity index (χ2n) is 9.35. The van der Waals surface area contributed by atoms with E-state index in [4.69, 9.17) is 10.2 Å². The number of aromatic nitrogens is 2. The summed E-state index contributed by atoms with van der Waals surface area (Å²) in [6, 6.07) is 7.85. The van der Waals surface area contributed by atoms with Crippen molar-refractivity contribution in [3.63, 3.8) is 0 Å². The first-order chi connectivity index (χ1) is 16.6. The molecule has 3 aromatic rings. The number of hydrogen-bond donors (Lipinski definition) is 1. The van der Waals surface area contributed by atoms with Crippen molar-refractivity contribution < 1.29 is 35.5 Å². The number of anilines is 1. The molecule has 2 aromatic carbocycles. The minimum absolute atomic E-state index is 0.0524. The summed E-state index contributed by atoms with van der Waals surface area (Å²) >= 11 is 0. The number of nitrogens with two attached hydrogens (primary N) is 1. The standard InChI is InChI=1S/C23H23F3N4O5S/c1-22(2,3)21-29-28-19(34-21)14-6-9-18-17(10-14)30(20(31)16(27)12-36(18,32)33)11-13-4-7-15(8-5-13)35-23(24,25)26/h4-10,16H,11-12,27H2,1-3H3/t16-/m0/s1. The molecule has 2 N–H and O–H groups in total. The maximum Gasteiger partial charge on any atom is 0.573 e. The third kappa shape index (κ3) is 5.36. The highest BCUT2D eigenvalue weighted by Gasteiger charge is 2.37. The Labute approximate surface area is 205 Å². The molecule has 1 aliphatic heterocycles. The van der Waals surface area contributed by atoms with Gasteiger partial charge in [-0.25, -0.2) is 8.42 Å². The Morgan fingerprint density at radius 3 is 2.36 bits per heavy atom. The first-order valence-corrected chi connectivity index (χ1v) is 12.4. The number of carbonyl (C=O) groups is 1. The number of nitrogens with zero attached hydrogens (tertiary/aromatic N) is 3. The topological polar surface area (TPSA) is 129 Å². The number of amides is 1. The van der Waals surface area contributed by atoms with Gasteiger partial charge in [0.1, 0.15) is 5.75 Å². The van der Waals surface area contributed by atoms with Crippen LogP contribution in [-0.2, 0) is 26.6 Å². The first kappa shape index (κ1) is 25.6. The van der Waals surface area contributed by atoms with Crippen molar-refractivity contribution in [3.8, 4) is 17.2 Å². The molecule has 192 valence electrons. The van der Waals surface area contributed by atoms with Crippen molar-refractivity contribution in [2.75, 3.05) is 10.7 Å². The minimum Gasteiger partial charge on any atom is -0.420 e. The molecular weight excluding hydrogens is 501 g/mol. The van der Waals surface area contributed by atoms with Crippen LogP contribution in [0.3, 0.4) is 0 Å². The summed E-state index contributed by atoms with van der Waals surface area (Å²) < 4.78 is 73.0. The van der Waals surface area contributed by atoms with Crippen molar-refractivity contribution in [2.24, 2.45) is 5.73 Å². The van der Waals surface area contributed by atoms with Gasteiger partial charge in [-0.15, -0.1) is 23.4 Å². The molecule has 1 atom stereocenters. The van der Waals surface area contributed by atoms with Gasteiger partial charge < -0.3 is 19.8 Å². The molecule has 1 aromatic heterocycles. The second-order valence-corrected chi connectivity index (χ2v) is 11.4. The van der Waals surface area contributed by atoms with Crippen LogP contribution in [0.4, 0.5) is 18.9 Å². The Hall–Kier alpha value is -3.45. The lowest BCUT2D eigenvalue weighted by Crippen LogP contribution is -2.45. The number of halogens is 3. The van der Waals surface area contributed by atoms with Gasteiger partial charge in [0.05, 0.1) is 28.9 Å². The van der Waals surface area contributed by atoms with E-state index in [0.717, 1.165) is 12.1 Å². The molecule has 2 heterocycles. The lowest BCUT2D eigenvalue weighted by Gasteiger charge is -2.24. The maximum absolute atomic E-state index is 13.1. The van der Waals surface area contributed by atoms with Gasteiger partial charge in [0.15, 0.2) is 9.84 Å². The van der Waals surface area contributed by atoms with E-state index >= 15 is 0 Å². The summed E-state index contributed by atoms with van der Waals surface area (Å²) in [6.07, 6.45) is -4.85. The van der Waals surface area contributed by atoms with Gasteiger partial charge in [0, 0.05) is 11.0 Å². The molecular formula is C23H23F3N4O5S. The van der Waals surface area contributed by atoms with Crippen LogP contribution in [0.5, 0.6) is 5.75 Å². The SMILES string of the molecule is CC(C)(C)c1nnc(-c2ccc3c(c2)N(Cc2ccc(OC(F)(F)F)cc2)C(=O)[C@@H](N)CS3(=O)=O)o1. The molecule has 1 aliphatic rings. The number of benzene rings is 2. The van der Waals surface area contributed by atoms with E-state index in [9.17, 15) is 26.4 Å². The fourth-order valence-electron chi connectivity index (χ4n) is 3.63. The highest BCUT2D eigenvalue weighted by atomic mass is 32.2. The van der Waals surface area contributed by atoms with Crippen molar-refractivity contribution in [3.05, 3.63) is 53.9 Å². The smallest absolute Gasteiger partial charge is 0.420 e. The Balaban J connectivity index is 1.76. The van der Waals surface area contributed by atoms with Gasteiger partial charge in [-0.1, -0.05) is 32.9 Å². The highest BCUT2D eigenvalue weighted by molar-refractivity contribution is 7.91. The Kier molecular flexibility index (Phi) is 6.33. The molecule has 9 nitrogen and oxygen atoms in total. The quantitative estimate of drug-likeness (QED) is 0.549. The minimum atomic E-state index is -4.85. The van der Waals surface area contributed by atoms with Gasteiger partial charge in [-0.2, -0.15) is 0 Å². The first-order valence-electron chi connectivity index (χ1n) is 10.8. The summed E-state index contributed by atoms with van der Waals surface area (Å²) in [4.78, 5) is 14.2. The Morgan fingerprint density at radius 1 is 1.11 bits per heavy atom. The largest absolute Gasteiger partial charge is 0.573 e. The van der Waals surface area contributed by atoms with Crippen LogP contribution < -0.4 is 15.4 Å². The molecule has 0 unspecified atom stereocenters. The third-order valence-electron chi connectivity index (χ3n) is 5.38. The van der Waals surface area contributed by atoms with Crippen LogP contribution in [-0.4, -0.2) is 42.7 Å². The summed E-state index contributed by atoms with van der Waals surface area (Å²) in [5.74, 6) is -1.18. The number of hydrogen-bond acceptors (Lipinski definition) is 8. The zero-order valence-electron chi connectivity index (χ0n) is 19.5. The molecule has 4 rings (SSSR count). The van der Waals surface area contributed by atoms with E-state index in [2.05, 4.69) is 14.9 Å². The zero-order chi connectivity index (χ0) is 26.5. The molecule has 0 aliphatic carbocycles. The van der Waals surface area contributed by atoms with Crippen LogP contribution in [0.1, 0.15) is 32.2 Å². The summed E-state index contributed by atoms with van der Waals surface area (Å²) in [5.41, 5.74) is 6.36. The van der Waals surface area contributed by atoms with Crippen LogP contribution in [0.25, 0.3) is 11.5 Å². The zero-order valence-corrected chi connectivity index (χ0v) is 20.4. The average molecular weight is 525 g/mol. The van der Waals surface area contributed by atoms with E-state index in [-0.39, 0.29) is 23.0 Å². The van der Waals surface area contributed by atoms with Gasteiger partial charge in [-0.3, -0.25) is 4.79 Å². The van der Waals surface area contributed by atoms with Crippen molar-refractivity contribution >= 4 is 21.4 Å². The predicted molar refractivity (Wildman–Crippen MR) is 123 cm³/mol. The molecule has 0 bridgehead atoms. The Morgan fingerprint density at radius 2 is 1.78 bits per heavy atom. The van der Waals surface area contributed by atoms with Crippen LogP contribution in [0, 0.1) is 0 Å². The number of alkyl halides is 3. The second kappa shape index (κ2) is 8.89. The number of ether oxygens (including phenoxy) is 1. The lowest BCUT2D eigenvalue weighted by atomic mass is 9.97. The number of fused-ring (bicyclic) bond motifs is 1. The molecule has 0 spiro atoms. The van der Waals surface area contributed by atoms with Crippen molar-refractivity contribution in [1.29, 1.82) is 0 Å². The average Bonchev–Trinajstić information content (AvgIpc) is 3.25. The van der Waals surface area contributed by atoms with E-state index in [1.54, 1.807) is 0 Å². The van der Waals surface area contributed by atoms with Crippen molar-refractivity contribution in [2.45, 2.75) is 50.0 Å². The molecule has 13 heteroatoms. The van der Waals surface area contributed by atoms with Crippen LogP contribution >= 0.6 is 0 Å². The Bertz CT molecular complexity index is 1400. The molecule has 0 fully saturated rings. The summed E-state index contributed by atoms with van der Waals surface area (Å²) in [7, 11) is -3.93. The lowest BCUT2D eigenvalue weighted by molar-refractivity contribution is -0.274. The summed E-state index contributed by atoms with van der Waals surface area (Å²) in [6.45, 7) is 5.52. The van der Waals surface area contributed by atoms with Gasteiger partial charge in [0.25, 0.3) is 0 Å². The molecule has 0 saturated carbocycles. The maximum atomic E-state index is 13.1. The van der Waals surface area contributed by atoms with E-state index in [1.807, 2.05) is 20.8 Å². The van der Waals surface area contributed by atoms with E-state index < -0.39 is 45.1 Å². The molecule has 0 radical (unpaired) electrons. The molecule has 0 saturated heterocycles. The van der Waals surface area contributed by atoms with E-state index in [0.29, 0.717) is 17.0 Å². The highest BCUT2D eigenvalue weighted by Crippen LogP contribution is 2.36. The molecule has 36 heavy (non-hydrogen) atoms. The molecule has 1 amide bonds. The van der Waals surface area contributed by atoms with Gasteiger partial charge in [-0.05, 0) is 35.9 Å². The number of sulfone groups is 1. The fraction of sp³-hybridized carbons (Fsp3) is 0.348. The fourth-order valence-corrected chi connectivity index (χ4v) is 5.18. The van der Waals surface area contributed by atoms with Crippen LogP contribution in [0.15, 0.2) is 51.8 Å². The van der Waals surface area contributed by atoms with Crippen LogP contribution in [0.2, 0.25) is 0 Å².